The number of hydrazine groups is 1. The number of carboxylic acids is 1. The smallest absolute Gasteiger partial charge is 0.322 e. The fourth-order valence-corrected chi connectivity index (χ4v) is 1.89. The van der Waals surface area contributed by atoms with E-state index in [0.29, 0.717) is 0 Å². The highest BCUT2D eigenvalue weighted by Gasteiger charge is 2.20. The van der Waals surface area contributed by atoms with Crippen LogP contribution >= 0.6 is 0 Å². The van der Waals surface area contributed by atoms with Gasteiger partial charge >= 0.3 is 5.97 Å². The van der Waals surface area contributed by atoms with Crippen LogP contribution in [-0.2, 0) is 4.79 Å². The third-order valence-electron chi connectivity index (χ3n) is 2.84. The van der Waals surface area contributed by atoms with Gasteiger partial charge in [-0.25, -0.2) is 10.4 Å². The van der Waals surface area contributed by atoms with E-state index in [4.69, 9.17) is 5.11 Å². The minimum absolute atomic E-state index is 0.400. The number of hydrogen-bond acceptors (Lipinski definition) is 3. The van der Waals surface area contributed by atoms with Gasteiger partial charge in [-0.05, 0) is 19.3 Å². The third-order valence-corrected chi connectivity index (χ3v) is 2.84. The lowest BCUT2D eigenvalue weighted by atomic mass is 10.1. The van der Waals surface area contributed by atoms with E-state index in [0.717, 1.165) is 32.4 Å². The van der Waals surface area contributed by atoms with Crippen LogP contribution in [0, 0.1) is 0 Å². The molecule has 4 heteroatoms. The van der Waals surface area contributed by atoms with Gasteiger partial charge < -0.3 is 5.11 Å². The first-order chi connectivity index (χ1) is 7.24. The molecule has 1 rings (SSSR count). The van der Waals surface area contributed by atoms with Crippen molar-refractivity contribution in [2.75, 3.05) is 13.1 Å². The number of hydrogen-bond donors (Lipinski definition) is 2. The van der Waals surface area contributed by atoms with E-state index in [1.807, 2.05) is 0 Å². The SMILES string of the molecule is CCCCC(NN1CCCCC1)C(=O)O. The molecule has 2 N–H and O–H groups in total. The van der Waals surface area contributed by atoms with E-state index in [9.17, 15) is 4.79 Å². The van der Waals surface area contributed by atoms with Gasteiger partial charge in [0.1, 0.15) is 6.04 Å². The van der Waals surface area contributed by atoms with Crippen LogP contribution in [0.2, 0.25) is 0 Å². The quantitative estimate of drug-likeness (QED) is 0.705. The van der Waals surface area contributed by atoms with Crippen molar-refractivity contribution in [2.45, 2.75) is 51.5 Å². The molecule has 1 unspecified atom stereocenters. The van der Waals surface area contributed by atoms with Crippen LogP contribution in [0.3, 0.4) is 0 Å². The van der Waals surface area contributed by atoms with Gasteiger partial charge in [0.05, 0.1) is 0 Å². The van der Waals surface area contributed by atoms with E-state index in [-0.39, 0.29) is 0 Å². The number of carboxylic acid groups (broad SMARTS) is 1. The molecule has 15 heavy (non-hydrogen) atoms. The highest BCUT2D eigenvalue weighted by atomic mass is 16.4. The van der Waals surface area contributed by atoms with E-state index in [1.54, 1.807) is 0 Å². The summed E-state index contributed by atoms with van der Waals surface area (Å²) in [6.45, 7) is 4.05. The zero-order chi connectivity index (χ0) is 11.1. The van der Waals surface area contributed by atoms with Crippen molar-refractivity contribution in [1.29, 1.82) is 0 Å². The van der Waals surface area contributed by atoms with Gasteiger partial charge in [0, 0.05) is 13.1 Å². The molecule has 1 saturated heterocycles. The van der Waals surface area contributed by atoms with Crippen LogP contribution in [0.4, 0.5) is 0 Å². The Bertz CT molecular complexity index is 191. The van der Waals surface area contributed by atoms with Crippen LogP contribution < -0.4 is 5.43 Å². The van der Waals surface area contributed by atoms with Crippen molar-refractivity contribution in [3.8, 4) is 0 Å². The van der Waals surface area contributed by atoms with Crippen LogP contribution in [0.15, 0.2) is 0 Å². The van der Waals surface area contributed by atoms with Crippen molar-refractivity contribution >= 4 is 5.97 Å². The summed E-state index contributed by atoms with van der Waals surface area (Å²) < 4.78 is 0. The average Bonchev–Trinajstić information content (AvgIpc) is 2.25. The molecule has 88 valence electrons. The molecule has 0 bridgehead atoms. The maximum absolute atomic E-state index is 11.0. The number of rotatable bonds is 6. The number of carbonyl (C=O) groups is 1. The predicted molar refractivity (Wildman–Crippen MR) is 59.5 cm³/mol. The van der Waals surface area contributed by atoms with Gasteiger partial charge in [0.2, 0.25) is 0 Å². The minimum Gasteiger partial charge on any atom is -0.480 e. The highest BCUT2D eigenvalue weighted by Crippen LogP contribution is 2.08. The fourth-order valence-electron chi connectivity index (χ4n) is 1.89. The predicted octanol–water partition coefficient (Wildman–Crippen LogP) is 1.62. The second-order valence-electron chi connectivity index (χ2n) is 4.21. The molecule has 1 aliphatic rings. The highest BCUT2D eigenvalue weighted by molar-refractivity contribution is 5.73. The number of piperidine rings is 1. The molecule has 4 nitrogen and oxygen atoms in total. The summed E-state index contributed by atoms with van der Waals surface area (Å²) in [5.74, 6) is -0.728. The topological polar surface area (TPSA) is 52.6 Å². The summed E-state index contributed by atoms with van der Waals surface area (Å²) in [5, 5.41) is 11.1. The number of unbranched alkanes of at least 4 members (excludes halogenated alkanes) is 1. The number of nitrogens with one attached hydrogen (secondary N) is 1. The molecule has 0 aromatic carbocycles. The van der Waals surface area contributed by atoms with Crippen molar-refractivity contribution in [3.05, 3.63) is 0 Å². The van der Waals surface area contributed by atoms with Crippen LogP contribution in [0.1, 0.15) is 45.4 Å². The summed E-state index contributed by atoms with van der Waals surface area (Å²) in [6, 6.07) is -0.400. The standard InChI is InChI=1S/C11H22N2O2/c1-2-3-7-10(11(14)15)12-13-8-5-4-6-9-13/h10,12H,2-9H2,1H3,(H,14,15). The van der Waals surface area contributed by atoms with Crippen molar-refractivity contribution < 1.29 is 9.90 Å². The molecule has 0 aromatic rings. The van der Waals surface area contributed by atoms with Gasteiger partial charge in [-0.15, -0.1) is 0 Å². The Labute approximate surface area is 91.6 Å². The van der Waals surface area contributed by atoms with E-state index in [1.165, 1.54) is 19.3 Å². The maximum Gasteiger partial charge on any atom is 0.322 e. The Morgan fingerprint density at radius 2 is 2.07 bits per heavy atom. The number of aliphatic carboxylic acids is 1. The zero-order valence-corrected chi connectivity index (χ0v) is 9.54. The van der Waals surface area contributed by atoms with Crippen molar-refractivity contribution in [2.24, 2.45) is 0 Å². The summed E-state index contributed by atoms with van der Waals surface area (Å²) in [4.78, 5) is 11.0. The summed E-state index contributed by atoms with van der Waals surface area (Å²) >= 11 is 0. The first-order valence-electron chi connectivity index (χ1n) is 5.98. The molecule has 0 amide bonds. The van der Waals surface area contributed by atoms with Gasteiger partial charge in [0.25, 0.3) is 0 Å². The summed E-state index contributed by atoms with van der Waals surface area (Å²) in [7, 11) is 0. The number of nitrogens with zero attached hydrogens (tertiary/aromatic N) is 1. The van der Waals surface area contributed by atoms with Crippen molar-refractivity contribution in [1.82, 2.24) is 10.4 Å². The lowest BCUT2D eigenvalue weighted by Gasteiger charge is -2.30. The summed E-state index contributed by atoms with van der Waals surface area (Å²) in [6.07, 6.45) is 6.36. The Morgan fingerprint density at radius 1 is 1.40 bits per heavy atom. The lowest BCUT2D eigenvalue weighted by molar-refractivity contribution is -0.141. The van der Waals surface area contributed by atoms with Crippen LogP contribution in [-0.4, -0.2) is 35.2 Å². The molecule has 1 atom stereocenters. The average molecular weight is 214 g/mol. The lowest BCUT2D eigenvalue weighted by Crippen LogP contribution is -2.50. The molecule has 0 spiro atoms. The first-order valence-corrected chi connectivity index (χ1v) is 5.98. The Morgan fingerprint density at radius 3 is 2.60 bits per heavy atom. The van der Waals surface area contributed by atoms with E-state index >= 15 is 0 Å². The first kappa shape index (κ1) is 12.5. The van der Waals surface area contributed by atoms with E-state index in [2.05, 4.69) is 17.4 Å². The molecule has 1 heterocycles. The van der Waals surface area contributed by atoms with Crippen LogP contribution in [0.5, 0.6) is 0 Å². The molecule has 1 aliphatic heterocycles. The van der Waals surface area contributed by atoms with E-state index < -0.39 is 12.0 Å². The fraction of sp³-hybridized carbons (Fsp3) is 0.909. The Kier molecular flexibility index (Phi) is 5.65. The largest absolute Gasteiger partial charge is 0.480 e. The monoisotopic (exact) mass is 214 g/mol. The van der Waals surface area contributed by atoms with Gasteiger partial charge in [-0.2, -0.15) is 0 Å². The maximum atomic E-state index is 11.0. The molecule has 0 saturated carbocycles. The summed E-state index contributed by atoms with van der Waals surface area (Å²) in [5.41, 5.74) is 3.12. The normalized spacial score (nSPS) is 20.1. The van der Waals surface area contributed by atoms with Gasteiger partial charge in [-0.3, -0.25) is 4.79 Å². The van der Waals surface area contributed by atoms with Crippen LogP contribution in [0.25, 0.3) is 0 Å². The molecular formula is C11H22N2O2. The second-order valence-corrected chi connectivity index (χ2v) is 4.21. The molecule has 0 radical (unpaired) electrons. The van der Waals surface area contributed by atoms with Gasteiger partial charge in [0.15, 0.2) is 0 Å². The third kappa shape index (κ3) is 4.62. The second kappa shape index (κ2) is 6.80. The Hall–Kier alpha value is -0.610. The molecule has 1 fully saturated rings. The molecular weight excluding hydrogens is 192 g/mol. The van der Waals surface area contributed by atoms with Gasteiger partial charge in [-0.1, -0.05) is 26.2 Å². The molecule has 0 aliphatic carbocycles. The van der Waals surface area contributed by atoms with Crippen molar-refractivity contribution in [3.63, 3.8) is 0 Å². The minimum atomic E-state index is -0.728. The molecule has 0 aromatic heterocycles. The Balaban J connectivity index is 2.31. The zero-order valence-electron chi connectivity index (χ0n) is 9.54.